The molecule has 1 heterocycles. The van der Waals surface area contributed by atoms with Crippen molar-refractivity contribution in [3.8, 4) is 5.75 Å². The van der Waals surface area contributed by atoms with E-state index in [9.17, 15) is 19.2 Å². The standard InChI is InChI=1S/C26H27NO6/c28-23(18-11-13-22(14-12-18)33-26(31)19-7-3-1-4-8-19)17-32-25(30)20-15-24(29)27(16-20)21-9-5-2-6-10-21/h1,3-4,7-8,11-14,20-21H,2,5-6,9-10,15-17H2. The third kappa shape index (κ3) is 5.66. The summed E-state index contributed by atoms with van der Waals surface area (Å²) in [6, 6.07) is 14.9. The van der Waals surface area contributed by atoms with Crippen molar-refractivity contribution >= 4 is 23.6 Å². The number of Topliss-reactive ketones (excluding diaryl/α,β-unsaturated/α-hetero) is 1. The van der Waals surface area contributed by atoms with Crippen LogP contribution < -0.4 is 4.74 Å². The van der Waals surface area contributed by atoms with Crippen molar-refractivity contribution in [2.24, 2.45) is 5.92 Å². The van der Waals surface area contributed by atoms with Gasteiger partial charge in [-0.3, -0.25) is 14.4 Å². The highest BCUT2D eigenvalue weighted by atomic mass is 16.5. The van der Waals surface area contributed by atoms with Gasteiger partial charge >= 0.3 is 11.9 Å². The van der Waals surface area contributed by atoms with Crippen LogP contribution >= 0.6 is 0 Å². The van der Waals surface area contributed by atoms with Gasteiger partial charge in [0.1, 0.15) is 5.75 Å². The highest BCUT2D eigenvalue weighted by molar-refractivity contribution is 5.98. The molecule has 1 atom stereocenters. The van der Waals surface area contributed by atoms with Gasteiger partial charge in [0, 0.05) is 24.6 Å². The van der Waals surface area contributed by atoms with Crippen molar-refractivity contribution < 1.29 is 28.7 Å². The van der Waals surface area contributed by atoms with Crippen LogP contribution in [0.25, 0.3) is 0 Å². The molecule has 2 aromatic rings. The number of benzene rings is 2. The average Bonchev–Trinajstić information content (AvgIpc) is 3.25. The molecular weight excluding hydrogens is 422 g/mol. The second-order valence-corrected chi connectivity index (χ2v) is 8.55. The van der Waals surface area contributed by atoms with E-state index in [0.29, 0.717) is 23.4 Å². The molecule has 172 valence electrons. The molecular formula is C26H27NO6. The Bertz CT molecular complexity index is 1010. The fourth-order valence-electron chi connectivity index (χ4n) is 4.42. The molecule has 7 nitrogen and oxygen atoms in total. The largest absolute Gasteiger partial charge is 0.457 e. The number of rotatable bonds is 7. The SMILES string of the molecule is O=C(COC(=O)C1CC(=O)N(C2CCCCC2)C1)c1ccc(OC(=O)c2ccccc2)cc1. The lowest BCUT2D eigenvalue weighted by Gasteiger charge is -2.31. The second-order valence-electron chi connectivity index (χ2n) is 8.55. The molecule has 0 spiro atoms. The minimum atomic E-state index is -0.521. The number of carbonyl (C=O) groups is 4. The van der Waals surface area contributed by atoms with Crippen molar-refractivity contribution in [2.75, 3.05) is 13.2 Å². The van der Waals surface area contributed by atoms with Crippen LogP contribution in [0.2, 0.25) is 0 Å². The van der Waals surface area contributed by atoms with E-state index in [1.165, 1.54) is 30.7 Å². The number of nitrogens with zero attached hydrogens (tertiary/aromatic N) is 1. The van der Waals surface area contributed by atoms with E-state index in [0.717, 1.165) is 25.7 Å². The van der Waals surface area contributed by atoms with E-state index in [1.807, 2.05) is 4.90 Å². The van der Waals surface area contributed by atoms with Gasteiger partial charge in [-0.2, -0.15) is 0 Å². The van der Waals surface area contributed by atoms with Gasteiger partial charge in [0.2, 0.25) is 5.91 Å². The number of amides is 1. The summed E-state index contributed by atoms with van der Waals surface area (Å²) in [5, 5.41) is 0. The lowest BCUT2D eigenvalue weighted by molar-refractivity contribution is -0.147. The Labute approximate surface area is 192 Å². The van der Waals surface area contributed by atoms with Gasteiger partial charge in [0.15, 0.2) is 12.4 Å². The van der Waals surface area contributed by atoms with E-state index in [-0.39, 0.29) is 24.2 Å². The molecule has 2 fully saturated rings. The quantitative estimate of drug-likeness (QED) is 0.363. The van der Waals surface area contributed by atoms with Crippen LogP contribution in [-0.2, 0) is 14.3 Å². The van der Waals surface area contributed by atoms with Gasteiger partial charge in [0.25, 0.3) is 0 Å². The van der Waals surface area contributed by atoms with Crippen LogP contribution in [0.15, 0.2) is 54.6 Å². The second kappa shape index (κ2) is 10.4. The first kappa shape index (κ1) is 22.7. The summed E-state index contributed by atoms with van der Waals surface area (Å²) in [5.41, 5.74) is 0.769. The molecule has 0 aromatic heterocycles. The summed E-state index contributed by atoms with van der Waals surface area (Å²) in [7, 11) is 0. The normalized spacial score (nSPS) is 18.7. The van der Waals surface area contributed by atoms with Crippen LogP contribution in [0.1, 0.15) is 59.2 Å². The van der Waals surface area contributed by atoms with E-state index in [4.69, 9.17) is 9.47 Å². The number of likely N-dealkylation sites (tertiary alicyclic amines) is 1. The average molecular weight is 450 g/mol. The van der Waals surface area contributed by atoms with Crippen molar-refractivity contribution in [1.82, 2.24) is 4.90 Å². The Kier molecular flexibility index (Phi) is 7.17. The van der Waals surface area contributed by atoms with E-state index >= 15 is 0 Å². The molecule has 1 saturated carbocycles. The number of hydrogen-bond donors (Lipinski definition) is 0. The summed E-state index contributed by atoms with van der Waals surface area (Å²) in [6.07, 6.45) is 5.55. The predicted molar refractivity (Wildman–Crippen MR) is 120 cm³/mol. The van der Waals surface area contributed by atoms with Crippen molar-refractivity contribution in [3.63, 3.8) is 0 Å². The number of ether oxygens (including phenoxy) is 2. The summed E-state index contributed by atoms with van der Waals surface area (Å²) < 4.78 is 10.5. The number of hydrogen-bond acceptors (Lipinski definition) is 6. The maximum absolute atomic E-state index is 12.5. The number of ketones is 1. The first-order valence-corrected chi connectivity index (χ1v) is 11.4. The lowest BCUT2D eigenvalue weighted by Crippen LogP contribution is -2.38. The maximum atomic E-state index is 12.5. The van der Waals surface area contributed by atoms with Gasteiger partial charge in [-0.1, -0.05) is 37.5 Å². The molecule has 1 saturated heterocycles. The van der Waals surface area contributed by atoms with E-state index in [2.05, 4.69) is 0 Å². The summed E-state index contributed by atoms with van der Waals surface area (Å²) in [6.45, 7) is -0.0197. The summed E-state index contributed by atoms with van der Waals surface area (Å²) in [5.74, 6) is -1.58. The van der Waals surface area contributed by atoms with Crippen LogP contribution in [0.5, 0.6) is 5.75 Å². The summed E-state index contributed by atoms with van der Waals surface area (Å²) in [4.78, 5) is 51.2. The van der Waals surface area contributed by atoms with Gasteiger partial charge in [-0.05, 0) is 49.2 Å². The molecule has 1 amide bonds. The zero-order valence-electron chi connectivity index (χ0n) is 18.4. The predicted octanol–water partition coefficient (Wildman–Crippen LogP) is 3.81. The molecule has 2 aliphatic rings. The van der Waals surface area contributed by atoms with E-state index in [1.54, 1.807) is 30.3 Å². The zero-order chi connectivity index (χ0) is 23.2. The Balaban J connectivity index is 1.26. The first-order valence-electron chi connectivity index (χ1n) is 11.4. The van der Waals surface area contributed by atoms with Crippen molar-refractivity contribution in [2.45, 2.75) is 44.6 Å². The topological polar surface area (TPSA) is 90.0 Å². The van der Waals surface area contributed by atoms with Crippen LogP contribution in [0.4, 0.5) is 0 Å². The van der Waals surface area contributed by atoms with Gasteiger partial charge in [0.05, 0.1) is 11.5 Å². The lowest BCUT2D eigenvalue weighted by atomic mass is 9.94. The minimum Gasteiger partial charge on any atom is -0.457 e. The third-order valence-electron chi connectivity index (χ3n) is 6.25. The number of esters is 2. The molecule has 33 heavy (non-hydrogen) atoms. The highest BCUT2D eigenvalue weighted by Gasteiger charge is 2.39. The Morgan fingerprint density at radius 1 is 0.879 bits per heavy atom. The molecule has 4 rings (SSSR count). The Hall–Kier alpha value is -3.48. The monoisotopic (exact) mass is 449 g/mol. The van der Waals surface area contributed by atoms with Gasteiger partial charge in [-0.15, -0.1) is 0 Å². The number of carbonyl (C=O) groups excluding carboxylic acids is 4. The van der Waals surface area contributed by atoms with Crippen LogP contribution in [0, 0.1) is 5.92 Å². The fraction of sp³-hybridized carbons (Fsp3) is 0.385. The van der Waals surface area contributed by atoms with E-state index < -0.39 is 24.5 Å². The third-order valence-corrected chi connectivity index (χ3v) is 6.25. The smallest absolute Gasteiger partial charge is 0.343 e. The maximum Gasteiger partial charge on any atom is 0.343 e. The van der Waals surface area contributed by atoms with Gasteiger partial charge in [-0.25, -0.2) is 4.79 Å². The zero-order valence-corrected chi connectivity index (χ0v) is 18.4. The molecule has 0 N–H and O–H groups in total. The minimum absolute atomic E-state index is 0.00387. The molecule has 1 aliphatic heterocycles. The van der Waals surface area contributed by atoms with Gasteiger partial charge < -0.3 is 14.4 Å². The first-order chi connectivity index (χ1) is 16.0. The highest BCUT2D eigenvalue weighted by Crippen LogP contribution is 2.29. The van der Waals surface area contributed by atoms with Crippen molar-refractivity contribution in [1.29, 1.82) is 0 Å². The van der Waals surface area contributed by atoms with Crippen molar-refractivity contribution in [3.05, 3.63) is 65.7 Å². The molecule has 7 heteroatoms. The summed E-state index contributed by atoms with van der Waals surface area (Å²) >= 11 is 0. The fourth-order valence-corrected chi connectivity index (χ4v) is 4.42. The molecule has 0 bridgehead atoms. The van der Waals surface area contributed by atoms with Crippen LogP contribution in [-0.4, -0.2) is 47.7 Å². The molecule has 1 unspecified atom stereocenters. The Morgan fingerprint density at radius 3 is 2.27 bits per heavy atom. The molecule has 2 aromatic carbocycles. The molecule has 0 radical (unpaired) electrons. The van der Waals surface area contributed by atoms with Crippen LogP contribution in [0.3, 0.4) is 0 Å². The molecule has 1 aliphatic carbocycles. The Morgan fingerprint density at radius 2 is 1.58 bits per heavy atom.